The van der Waals surface area contributed by atoms with Gasteiger partial charge in [-0.15, -0.1) is 11.3 Å². The molecule has 0 bridgehead atoms. The molecule has 13 nitrogen and oxygen atoms in total. The summed E-state index contributed by atoms with van der Waals surface area (Å²) in [5, 5.41) is 14.9. The first-order valence-electron chi connectivity index (χ1n) is 16.7. The SMILES string of the molecule is C=C(N[C@H](C)c1ccc(N)cc1)[C@H](C)NC[C@H](Cc1cscn1)NC(=O)c1cc(C(=O)NC(C)c2cccnc2)cc(N2CCCNS2(=O)=O)c1. The van der Waals surface area contributed by atoms with Gasteiger partial charge < -0.3 is 27.0 Å². The summed E-state index contributed by atoms with van der Waals surface area (Å²) >= 11 is 1.46. The zero-order valence-electron chi connectivity index (χ0n) is 28.9. The standard InChI is InChI=1S/C36H45N9O4S2/c1-23(24(2)42-25(3)27-8-10-31(37)11-9-27)39-20-32(18-33-21-50-22-40-33)44-36(47)30-15-29(35(46)43-26(4)28-7-5-12-38-19-28)16-34(17-30)45-14-6-13-41-51(45,48)49/h5,7-12,15-17,19,21-23,25-26,32,39,41-42H,2,6,13-14,18,20,37H2,1,3-4H3,(H,43,46)(H,44,47)/t23-,25+,26?,32-/m0/s1. The Kier molecular flexibility index (Phi) is 12.4. The molecule has 4 aromatic rings. The van der Waals surface area contributed by atoms with Crippen LogP contribution in [0.3, 0.4) is 0 Å². The number of anilines is 2. The molecule has 0 radical (unpaired) electrons. The van der Waals surface area contributed by atoms with Crippen molar-refractivity contribution < 1.29 is 18.0 Å². The largest absolute Gasteiger partial charge is 0.399 e. The van der Waals surface area contributed by atoms with E-state index < -0.39 is 28.1 Å². The summed E-state index contributed by atoms with van der Waals surface area (Å²) in [6, 6.07) is 14.8. The number of carbonyl (C=O) groups is 2. The fourth-order valence-corrected chi connectivity index (χ4v) is 7.53. The first-order valence-corrected chi connectivity index (χ1v) is 19.1. The highest BCUT2D eigenvalue weighted by atomic mass is 32.2. The first-order chi connectivity index (χ1) is 24.4. The van der Waals surface area contributed by atoms with E-state index in [2.05, 4.69) is 42.5 Å². The molecule has 2 amide bonds. The van der Waals surface area contributed by atoms with Crippen LogP contribution in [0.1, 0.15) is 76.8 Å². The number of pyridine rings is 1. The Balaban J connectivity index is 1.34. The molecule has 1 aliphatic heterocycles. The molecule has 7 N–H and O–H groups in total. The number of amides is 2. The van der Waals surface area contributed by atoms with E-state index in [4.69, 9.17) is 5.73 Å². The number of benzene rings is 2. The highest BCUT2D eigenvalue weighted by molar-refractivity contribution is 7.90. The van der Waals surface area contributed by atoms with Crippen molar-refractivity contribution in [3.8, 4) is 0 Å². The van der Waals surface area contributed by atoms with Crippen molar-refractivity contribution >= 4 is 44.7 Å². The quantitative estimate of drug-likeness (QED) is 0.0990. The number of nitrogen functional groups attached to an aromatic ring is 1. The number of nitrogens with one attached hydrogen (secondary N) is 5. The minimum absolute atomic E-state index is 0.00204. The highest BCUT2D eigenvalue weighted by Gasteiger charge is 2.28. The number of nitrogens with zero attached hydrogens (tertiary/aromatic N) is 3. The van der Waals surface area contributed by atoms with E-state index in [1.54, 1.807) is 24.0 Å². The van der Waals surface area contributed by atoms with Gasteiger partial charge in [0.15, 0.2) is 0 Å². The number of thiazole rings is 1. The molecule has 0 saturated carbocycles. The molecule has 1 saturated heterocycles. The Morgan fingerprint density at radius 3 is 2.35 bits per heavy atom. The van der Waals surface area contributed by atoms with Crippen LogP contribution >= 0.6 is 11.3 Å². The molecule has 2 aromatic carbocycles. The van der Waals surface area contributed by atoms with Gasteiger partial charge in [-0.2, -0.15) is 13.1 Å². The average Bonchev–Trinajstić information content (AvgIpc) is 3.63. The summed E-state index contributed by atoms with van der Waals surface area (Å²) in [4.78, 5) is 36.1. The zero-order chi connectivity index (χ0) is 36.5. The Hall–Kier alpha value is -4.83. The lowest BCUT2D eigenvalue weighted by molar-refractivity contribution is 0.0935. The molecular formula is C36H45N9O4S2. The summed E-state index contributed by atoms with van der Waals surface area (Å²) in [5.74, 6) is -0.921. The maximum atomic E-state index is 14.0. The number of nitrogens with two attached hydrogens (primary N) is 1. The second-order valence-corrected chi connectivity index (χ2v) is 15.0. The van der Waals surface area contributed by atoms with Crippen LogP contribution in [0.5, 0.6) is 0 Å². The highest BCUT2D eigenvalue weighted by Crippen LogP contribution is 2.25. The topological polar surface area (TPSA) is 183 Å². The fourth-order valence-electron chi connectivity index (χ4n) is 5.65. The van der Waals surface area contributed by atoms with Crippen molar-refractivity contribution in [1.82, 2.24) is 36.0 Å². The van der Waals surface area contributed by atoms with Gasteiger partial charge in [0.2, 0.25) is 0 Å². The van der Waals surface area contributed by atoms with E-state index in [1.807, 2.05) is 56.5 Å². The Morgan fingerprint density at radius 1 is 1.00 bits per heavy atom. The molecule has 0 spiro atoms. The summed E-state index contributed by atoms with van der Waals surface area (Å²) < 4.78 is 29.7. The summed E-state index contributed by atoms with van der Waals surface area (Å²) in [6.07, 6.45) is 4.31. The van der Waals surface area contributed by atoms with Gasteiger partial charge in [-0.1, -0.05) is 24.8 Å². The minimum atomic E-state index is -3.86. The third kappa shape index (κ3) is 10.1. The van der Waals surface area contributed by atoms with Crippen molar-refractivity contribution in [3.63, 3.8) is 0 Å². The van der Waals surface area contributed by atoms with Crippen molar-refractivity contribution in [2.45, 2.75) is 57.8 Å². The number of hydrogen-bond donors (Lipinski definition) is 6. The molecule has 0 aliphatic carbocycles. The monoisotopic (exact) mass is 731 g/mol. The maximum absolute atomic E-state index is 14.0. The normalized spacial score (nSPS) is 16.3. The van der Waals surface area contributed by atoms with E-state index >= 15 is 0 Å². The van der Waals surface area contributed by atoms with Gasteiger partial charge in [-0.3, -0.25) is 18.9 Å². The van der Waals surface area contributed by atoms with Crippen LogP contribution in [0.2, 0.25) is 0 Å². The van der Waals surface area contributed by atoms with Crippen molar-refractivity contribution in [2.75, 3.05) is 29.7 Å². The molecule has 1 fully saturated rings. The molecule has 51 heavy (non-hydrogen) atoms. The number of rotatable bonds is 15. The van der Waals surface area contributed by atoms with E-state index in [-0.39, 0.29) is 41.5 Å². The Labute approximate surface area is 303 Å². The maximum Gasteiger partial charge on any atom is 0.301 e. The molecule has 4 atom stereocenters. The molecule has 1 unspecified atom stereocenters. The van der Waals surface area contributed by atoms with Crippen molar-refractivity contribution in [1.29, 1.82) is 0 Å². The van der Waals surface area contributed by atoms with Gasteiger partial charge in [0, 0.05) is 84.5 Å². The predicted molar refractivity (Wildman–Crippen MR) is 202 cm³/mol. The first kappa shape index (κ1) is 37.4. The molecule has 15 heteroatoms. The van der Waals surface area contributed by atoms with Crippen LogP contribution in [0.25, 0.3) is 0 Å². The van der Waals surface area contributed by atoms with E-state index in [9.17, 15) is 18.0 Å². The van der Waals surface area contributed by atoms with Gasteiger partial charge in [0.05, 0.1) is 22.9 Å². The van der Waals surface area contributed by atoms with E-state index in [0.717, 1.165) is 22.5 Å². The smallest absolute Gasteiger partial charge is 0.301 e. The molecule has 2 aromatic heterocycles. The second-order valence-electron chi connectivity index (χ2n) is 12.6. The van der Waals surface area contributed by atoms with Gasteiger partial charge >= 0.3 is 10.2 Å². The van der Waals surface area contributed by atoms with E-state index in [1.165, 1.54) is 33.8 Å². The fraction of sp³-hybridized carbons (Fsp3) is 0.333. The van der Waals surface area contributed by atoms with Crippen molar-refractivity contribution in [3.05, 3.63) is 118 Å². The van der Waals surface area contributed by atoms with Crippen LogP contribution < -0.4 is 36.0 Å². The molecule has 270 valence electrons. The van der Waals surface area contributed by atoms with Crippen LogP contribution in [-0.4, -0.2) is 61.9 Å². The summed E-state index contributed by atoms with van der Waals surface area (Å²) in [6.45, 7) is 11.0. The molecule has 3 heterocycles. The Bertz CT molecular complexity index is 1910. The van der Waals surface area contributed by atoms with Crippen LogP contribution in [0, 0.1) is 0 Å². The number of carbonyl (C=O) groups excluding carboxylic acids is 2. The minimum Gasteiger partial charge on any atom is -0.399 e. The molecule has 1 aliphatic rings. The second kappa shape index (κ2) is 16.9. The van der Waals surface area contributed by atoms with Gasteiger partial charge in [0.1, 0.15) is 0 Å². The van der Waals surface area contributed by atoms with Gasteiger partial charge in [0.25, 0.3) is 11.8 Å². The van der Waals surface area contributed by atoms with Gasteiger partial charge in [-0.05, 0) is 74.7 Å². The van der Waals surface area contributed by atoms with E-state index in [0.29, 0.717) is 31.6 Å². The number of hydrogen-bond acceptors (Lipinski definition) is 10. The summed E-state index contributed by atoms with van der Waals surface area (Å²) in [7, 11) is -3.86. The van der Waals surface area contributed by atoms with Crippen LogP contribution in [-0.2, 0) is 16.6 Å². The average molecular weight is 732 g/mol. The number of aromatic nitrogens is 2. The van der Waals surface area contributed by atoms with Crippen molar-refractivity contribution in [2.24, 2.45) is 0 Å². The molecule has 5 rings (SSSR count). The summed E-state index contributed by atoms with van der Waals surface area (Å²) in [5.41, 5.74) is 12.3. The van der Waals surface area contributed by atoms with Crippen LogP contribution in [0.15, 0.2) is 90.2 Å². The van der Waals surface area contributed by atoms with Gasteiger partial charge in [-0.25, -0.2) is 4.98 Å². The third-order valence-corrected chi connectivity index (χ3v) is 10.9. The zero-order valence-corrected chi connectivity index (χ0v) is 30.6. The molecular weight excluding hydrogens is 687 g/mol. The van der Waals surface area contributed by atoms with Crippen LogP contribution in [0.4, 0.5) is 11.4 Å². The Morgan fingerprint density at radius 2 is 1.71 bits per heavy atom. The predicted octanol–water partition coefficient (Wildman–Crippen LogP) is 3.84. The lowest BCUT2D eigenvalue weighted by Gasteiger charge is -2.29. The lowest BCUT2D eigenvalue weighted by atomic mass is 10.0. The lowest BCUT2D eigenvalue weighted by Crippen LogP contribution is -2.48. The third-order valence-electron chi connectivity index (χ3n) is 8.68.